The second kappa shape index (κ2) is 5.78. The lowest BCUT2D eigenvalue weighted by Gasteiger charge is -2.17. The second-order valence-electron chi connectivity index (χ2n) is 3.88. The third-order valence-corrected chi connectivity index (χ3v) is 2.57. The lowest BCUT2D eigenvalue weighted by Crippen LogP contribution is -2.33. The van der Waals surface area contributed by atoms with Gasteiger partial charge in [0.2, 0.25) is 11.6 Å². The number of nitrogens with two attached hydrogens (primary N) is 1. The molecule has 0 radical (unpaired) electrons. The van der Waals surface area contributed by atoms with Crippen LogP contribution >= 0.6 is 0 Å². The predicted octanol–water partition coefficient (Wildman–Crippen LogP) is 1.51. The minimum Gasteiger partial charge on any atom is -0.351 e. The summed E-state index contributed by atoms with van der Waals surface area (Å²) in [5.41, 5.74) is 4.12. The first-order valence-corrected chi connectivity index (χ1v) is 5.72. The van der Waals surface area contributed by atoms with Crippen molar-refractivity contribution >= 4 is 29.0 Å². The topological polar surface area (TPSA) is 158 Å². The van der Waals surface area contributed by atoms with Gasteiger partial charge in [-0.2, -0.15) is 0 Å². The van der Waals surface area contributed by atoms with Crippen molar-refractivity contribution in [2.24, 2.45) is 5.73 Å². The Morgan fingerprint density at radius 1 is 1.00 bits per heavy atom. The molecule has 0 spiro atoms. The molecule has 0 saturated carbocycles. The molecule has 0 unspecified atom stereocenters. The first-order chi connectivity index (χ1) is 10.4. The molecule has 0 aromatic carbocycles. The smallest absolute Gasteiger partial charge is 0.326 e. The van der Waals surface area contributed by atoms with Gasteiger partial charge in [0.25, 0.3) is 0 Å². The zero-order valence-electron chi connectivity index (χ0n) is 10.8. The van der Waals surface area contributed by atoms with E-state index in [4.69, 9.17) is 5.73 Å². The normalized spacial score (nSPS) is 10.0. The Balaban J connectivity index is 2.71. The number of aromatic nitrogens is 2. The van der Waals surface area contributed by atoms with E-state index in [2.05, 4.69) is 9.97 Å². The van der Waals surface area contributed by atoms with E-state index in [0.29, 0.717) is 4.90 Å². The molecule has 2 aromatic rings. The highest BCUT2D eigenvalue weighted by Crippen LogP contribution is 2.34. The molecule has 0 bridgehead atoms. The highest BCUT2D eigenvalue weighted by atomic mass is 16.6. The summed E-state index contributed by atoms with van der Waals surface area (Å²) in [4.78, 5) is 40.1. The highest BCUT2D eigenvalue weighted by molar-refractivity contribution is 6.00. The zero-order chi connectivity index (χ0) is 16.3. The summed E-state index contributed by atoms with van der Waals surface area (Å²) in [7, 11) is 0. The van der Waals surface area contributed by atoms with E-state index in [1.807, 2.05) is 0 Å². The minimum atomic E-state index is -1.19. The van der Waals surface area contributed by atoms with Crippen molar-refractivity contribution < 1.29 is 14.6 Å². The van der Waals surface area contributed by atoms with Crippen molar-refractivity contribution in [1.29, 1.82) is 0 Å². The van der Waals surface area contributed by atoms with Gasteiger partial charge in [0.05, 0.1) is 9.85 Å². The summed E-state index contributed by atoms with van der Waals surface area (Å²) in [6.07, 6.45) is 2.38. The number of nitro groups is 2. The number of nitrogens with zero attached hydrogens (tertiary/aromatic N) is 5. The molecule has 22 heavy (non-hydrogen) atoms. The first kappa shape index (κ1) is 14.8. The average Bonchev–Trinajstić information content (AvgIpc) is 2.47. The molecule has 0 saturated heterocycles. The molecule has 0 aliphatic heterocycles. The van der Waals surface area contributed by atoms with Crippen LogP contribution in [0.2, 0.25) is 0 Å². The zero-order valence-corrected chi connectivity index (χ0v) is 10.8. The molecule has 2 rings (SSSR count). The summed E-state index contributed by atoms with van der Waals surface area (Å²) in [6, 6.07) is 3.56. The van der Waals surface area contributed by atoms with Gasteiger partial charge in [0, 0.05) is 24.5 Å². The number of amides is 2. The maximum absolute atomic E-state index is 11.7. The van der Waals surface area contributed by atoms with Crippen LogP contribution < -0.4 is 10.6 Å². The SMILES string of the molecule is NC(=O)N(c1ncccc1[N+](=O)[O-])c1ncccc1[N+](=O)[O-]. The lowest BCUT2D eigenvalue weighted by molar-refractivity contribution is -0.384. The van der Waals surface area contributed by atoms with Gasteiger partial charge in [0.15, 0.2) is 0 Å². The van der Waals surface area contributed by atoms with Gasteiger partial charge < -0.3 is 5.73 Å². The summed E-state index contributed by atoms with van der Waals surface area (Å²) in [5.74, 6) is -0.913. The molecular weight excluding hydrogens is 296 g/mol. The Bertz CT molecular complexity index is 707. The number of carbonyl (C=O) groups is 1. The highest BCUT2D eigenvalue weighted by Gasteiger charge is 2.31. The number of urea groups is 1. The first-order valence-electron chi connectivity index (χ1n) is 5.72. The second-order valence-corrected chi connectivity index (χ2v) is 3.88. The van der Waals surface area contributed by atoms with Crippen LogP contribution in [0.1, 0.15) is 0 Å². The number of rotatable bonds is 4. The maximum Gasteiger partial charge on any atom is 0.326 e. The van der Waals surface area contributed by atoms with Crippen LogP contribution in [0.4, 0.5) is 27.8 Å². The Hall–Kier alpha value is -3.63. The van der Waals surface area contributed by atoms with Crippen molar-refractivity contribution in [2.45, 2.75) is 0 Å². The molecule has 2 amide bonds. The van der Waals surface area contributed by atoms with Gasteiger partial charge in [0.1, 0.15) is 0 Å². The van der Waals surface area contributed by atoms with Crippen LogP contribution in [0.25, 0.3) is 0 Å². The number of primary amides is 1. The van der Waals surface area contributed by atoms with Crippen molar-refractivity contribution in [2.75, 3.05) is 4.90 Å². The fourth-order valence-corrected chi connectivity index (χ4v) is 1.72. The lowest BCUT2D eigenvalue weighted by atomic mass is 10.3. The van der Waals surface area contributed by atoms with Crippen molar-refractivity contribution in [3.05, 3.63) is 56.9 Å². The molecule has 0 atom stereocenters. The molecule has 11 nitrogen and oxygen atoms in total. The Kier molecular flexibility index (Phi) is 3.88. The molecule has 0 aliphatic carbocycles. The Morgan fingerprint density at radius 2 is 1.41 bits per heavy atom. The fraction of sp³-hybridized carbons (Fsp3) is 0. The summed E-state index contributed by atoms with van der Waals surface area (Å²) < 4.78 is 0. The minimum absolute atomic E-state index is 0.457. The summed E-state index contributed by atoms with van der Waals surface area (Å²) >= 11 is 0. The predicted molar refractivity (Wildman–Crippen MR) is 73.5 cm³/mol. The number of hydrogen-bond acceptors (Lipinski definition) is 7. The number of carbonyl (C=O) groups excluding carboxylic acids is 1. The van der Waals surface area contributed by atoms with Gasteiger partial charge in [-0.1, -0.05) is 0 Å². The largest absolute Gasteiger partial charge is 0.351 e. The molecule has 2 N–H and O–H groups in total. The van der Waals surface area contributed by atoms with Gasteiger partial charge in [-0.15, -0.1) is 0 Å². The van der Waals surface area contributed by atoms with Crippen molar-refractivity contribution in [3.63, 3.8) is 0 Å². The van der Waals surface area contributed by atoms with E-state index in [0.717, 1.165) is 12.1 Å². The molecule has 11 heteroatoms. The Labute approximate surface area is 122 Å². The van der Waals surface area contributed by atoms with Crippen LogP contribution in [0.5, 0.6) is 0 Å². The van der Waals surface area contributed by atoms with E-state index < -0.39 is 38.9 Å². The quantitative estimate of drug-likeness (QED) is 0.661. The fourth-order valence-electron chi connectivity index (χ4n) is 1.72. The monoisotopic (exact) mass is 304 g/mol. The molecule has 2 aromatic heterocycles. The van der Waals surface area contributed by atoms with Gasteiger partial charge >= 0.3 is 17.4 Å². The van der Waals surface area contributed by atoms with Crippen LogP contribution in [0.15, 0.2) is 36.7 Å². The van der Waals surface area contributed by atoms with Crippen LogP contribution in [0.3, 0.4) is 0 Å². The third-order valence-electron chi connectivity index (χ3n) is 2.57. The standard InChI is InChI=1S/C11H8N6O5/c12-11(18)15(9-7(16(19)20)3-1-5-13-9)10-8(17(21)22)4-2-6-14-10/h1-6H,(H2,12,18). The van der Waals surface area contributed by atoms with Gasteiger partial charge in [-0.05, 0) is 12.1 Å². The van der Waals surface area contributed by atoms with Crippen LogP contribution in [0, 0.1) is 20.2 Å². The summed E-state index contributed by atoms with van der Waals surface area (Å²) in [6.45, 7) is 0. The molecule has 2 heterocycles. The average molecular weight is 304 g/mol. The molecule has 0 fully saturated rings. The third kappa shape index (κ3) is 2.63. The molecule has 0 aliphatic rings. The van der Waals surface area contributed by atoms with Crippen LogP contribution in [-0.2, 0) is 0 Å². The number of anilines is 2. The van der Waals surface area contributed by atoms with E-state index in [9.17, 15) is 25.0 Å². The molecule has 112 valence electrons. The maximum atomic E-state index is 11.7. The van der Waals surface area contributed by atoms with Gasteiger partial charge in [-0.25, -0.2) is 19.7 Å². The number of pyridine rings is 2. The summed E-state index contributed by atoms with van der Waals surface area (Å²) in [5, 5.41) is 22.1. The van der Waals surface area contributed by atoms with E-state index in [1.54, 1.807) is 0 Å². The van der Waals surface area contributed by atoms with Crippen LogP contribution in [-0.4, -0.2) is 25.8 Å². The van der Waals surface area contributed by atoms with E-state index in [1.165, 1.54) is 24.5 Å². The van der Waals surface area contributed by atoms with Gasteiger partial charge in [-0.3, -0.25) is 20.2 Å². The van der Waals surface area contributed by atoms with Crippen molar-refractivity contribution in [3.8, 4) is 0 Å². The van der Waals surface area contributed by atoms with E-state index in [-0.39, 0.29) is 0 Å². The number of hydrogen-bond donors (Lipinski definition) is 1. The molecular formula is C11H8N6O5. The van der Waals surface area contributed by atoms with E-state index >= 15 is 0 Å². The van der Waals surface area contributed by atoms with Crippen molar-refractivity contribution in [1.82, 2.24) is 9.97 Å². The Morgan fingerprint density at radius 3 is 1.73 bits per heavy atom.